The van der Waals surface area contributed by atoms with Gasteiger partial charge in [-0.15, -0.1) is 0 Å². The fourth-order valence-electron chi connectivity index (χ4n) is 1.65. The van der Waals surface area contributed by atoms with Crippen LogP contribution in [0.25, 0.3) is 0 Å². The van der Waals surface area contributed by atoms with Gasteiger partial charge in [0.05, 0.1) is 10.6 Å². The van der Waals surface area contributed by atoms with Crippen molar-refractivity contribution in [2.45, 2.75) is 18.7 Å². The van der Waals surface area contributed by atoms with Gasteiger partial charge in [-0.05, 0) is 37.1 Å². The van der Waals surface area contributed by atoms with Crippen LogP contribution in [0.2, 0.25) is 0 Å². The van der Waals surface area contributed by atoms with Crippen LogP contribution in [0, 0.1) is 13.8 Å². The van der Waals surface area contributed by atoms with Crippen molar-refractivity contribution in [3.63, 3.8) is 0 Å². The first-order valence-corrected chi connectivity index (χ1v) is 6.98. The van der Waals surface area contributed by atoms with Gasteiger partial charge in [0.1, 0.15) is 0 Å². The van der Waals surface area contributed by atoms with Crippen LogP contribution < -0.4 is 4.72 Å². The Labute approximate surface area is 107 Å². The standard InChI is InChI=1S/C13H14N2O2S/c1-10-5-3-4-6-13(10)18(16,17)15-12-7-8-14-9-11(12)2/h3-9H,1-2H3,(H,14,15). The SMILES string of the molecule is Cc1cnccc1NS(=O)(=O)c1ccccc1C. The fourth-order valence-corrected chi connectivity index (χ4v) is 3.02. The Bertz CT molecular complexity index is 666. The van der Waals surface area contributed by atoms with Crippen LogP contribution in [0.5, 0.6) is 0 Å². The maximum absolute atomic E-state index is 12.2. The molecule has 0 aliphatic carbocycles. The molecule has 2 rings (SSSR count). The zero-order valence-corrected chi connectivity index (χ0v) is 11.0. The summed E-state index contributed by atoms with van der Waals surface area (Å²) < 4.78 is 27.1. The number of hydrogen-bond donors (Lipinski definition) is 1. The molecule has 1 aromatic heterocycles. The van der Waals surface area contributed by atoms with Crippen LogP contribution in [-0.4, -0.2) is 13.4 Å². The second kappa shape index (κ2) is 4.78. The molecule has 0 spiro atoms. The Kier molecular flexibility index (Phi) is 3.34. The molecule has 0 radical (unpaired) electrons. The third-order valence-corrected chi connectivity index (χ3v) is 4.17. The number of nitrogens with one attached hydrogen (secondary N) is 1. The van der Waals surface area contributed by atoms with Gasteiger partial charge < -0.3 is 0 Å². The van der Waals surface area contributed by atoms with Crippen LogP contribution in [0.3, 0.4) is 0 Å². The predicted molar refractivity (Wildman–Crippen MR) is 71.0 cm³/mol. The number of rotatable bonds is 3. The van der Waals surface area contributed by atoms with Crippen molar-refractivity contribution in [3.8, 4) is 0 Å². The number of nitrogens with zero attached hydrogens (tertiary/aromatic N) is 1. The molecule has 94 valence electrons. The second-order valence-corrected chi connectivity index (χ2v) is 5.71. The normalized spacial score (nSPS) is 11.2. The molecule has 0 saturated carbocycles. The lowest BCUT2D eigenvalue weighted by molar-refractivity contribution is 0.600. The Hall–Kier alpha value is -1.88. The number of aryl methyl sites for hydroxylation is 2. The average Bonchev–Trinajstić information content (AvgIpc) is 2.32. The van der Waals surface area contributed by atoms with Crippen molar-refractivity contribution < 1.29 is 8.42 Å². The number of benzene rings is 1. The van der Waals surface area contributed by atoms with E-state index < -0.39 is 10.0 Å². The van der Waals surface area contributed by atoms with Gasteiger partial charge in [-0.3, -0.25) is 9.71 Å². The van der Waals surface area contributed by atoms with E-state index in [0.29, 0.717) is 10.6 Å². The molecule has 1 heterocycles. The molecule has 0 aliphatic rings. The van der Waals surface area contributed by atoms with Gasteiger partial charge in [-0.25, -0.2) is 8.42 Å². The molecule has 1 N–H and O–H groups in total. The molecule has 0 saturated heterocycles. The summed E-state index contributed by atoms with van der Waals surface area (Å²) in [6.07, 6.45) is 3.18. The maximum atomic E-state index is 12.2. The first-order chi connectivity index (χ1) is 8.50. The second-order valence-electron chi connectivity index (χ2n) is 4.06. The average molecular weight is 262 g/mol. The van der Waals surface area contributed by atoms with Crippen LogP contribution in [0.15, 0.2) is 47.6 Å². The van der Waals surface area contributed by atoms with E-state index in [1.165, 1.54) is 0 Å². The van der Waals surface area contributed by atoms with Crippen molar-refractivity contribution >= 4 is 15.7 Å². The van der Waals surface area contributed by atoms with Crippen LogP contribution in [0.4, 0.5) is 5.69 Å². The van der Waals surface area contributed by atoms with Gasteiger partial charge >= 0.3 is 0 Å². The smallest absolute Gasteiger partial charge is 0.262 e. The number of sulfonamides is 1. The largest absolute Gasteiger partial charge is 0.279 e. The van der Waals surface area contributed by atoms with Crippen molar-refractivity contribution in [1.82, 2.24) is 4.98 Å². The maximum Gasteiger partial charge on any atom is 0.262 e. The monoisotopic (exact) mass is 262 g/mol. The van der Waals surface area contributed by atoms with E-state index in [1.54, 1.807) is 43.6 Å². The lowest BCUT2D eigenvalue weighted by atomic mass is 10.2. The van der Waals surface area contributed by atoms with E-state index in [4.69, 9.17) is 0 Å². The van der Waals surface area contributed by atoms with Crippen molar-refractivity contribution in [2.75, 3.05) is 4.72 Å². The van der Waals surface area contributed by atoms with Crippen molar-refractivity contribution in [1.29, 1.82) is 0 Å². The fraction of sp³-hybridized carbons (Fsp3) is 0.154. The molecule has 1 aromatic carbocycles. The summed E-state index contributed by atoms with van der Waals surface area (Å²) in [5.41, 5.74) is 2.06. The van der Waals surface area contributed by atoms with E-state index >= 15 is 0 Å². The summed E-state index contributed by atoms with van der Waals surface area (Å²) in [6.45, 7) is 3.58. The molecular weight excluding hydrogens is 248 g/mol. The quantitative estimate of drug-likeness (QED) is 0.924. The number of hydrogen-bond acceptors (Lipinski definition) is 3. The summed E-state index contributed by atoms with van der Waals surface area (Å²) >= 11 is 0. The molecule has 2 aromatic rings. The van der Waals surface area contributed by atoms with Gasteiger partial charge in [-0.1, -0.05) is 18.2 Å². The van der Waals surface area contributed by atoms with Gasteiger partial charge in [0, 0.05) is 12.4 Å². The first-order valence-electron chi connectivity index (χ1n) is 5.50. The van der Waals surface area contributed by atoms with E-state index in [-0.39, 0.29) is 0 Å². The summed E-state index contributed by atoms with van der Waals surface area (Å²) in [6, 6.07) is 8.53. The predicted octanol–water partition coefficient (Wildman–Crippen LogP) is 2.50. The van der Waals surface area contributed by atoms with Gasteiger partial charge in [0.2, 0.25) is 0 Å². The summed E-state index contributed by atoms with van der Waals surface area (Å²) in [7, 11) is -3.54. The molecule has 18 heavy (non-hydrogen) atoms. The van der Waals surface area contributed by atoms with E-state index in [9.17, 15) is 8.42 Å². The third kappa shape index (κ3) is 2.51. The van der Waals surface area contributed by atoms with Gasteiger partial charge in [0.15, 0.2) is 0 Å². The summed E-state index contributed by atoms with van der Waals surface area (Å²) in [5.74, 6) is 0. The minimum Gasteiger partial charge on any atom is -0.279 e. The first kappa shape index (κ1) is 12.6. The van der Waals surface area contributed by atoms with Crippen molar-refractivity contribution in [2.24, 2.45) is 0 Å². The molecule has 0 amide bonds. The highest BCUT2D eigenvalue weighted by molar-refractivity contribution is 7.92. The Balaban J connectivity index is 2.40. The van der Waals surface area contributed by atoms with E-state index in [1.807, 2.05) is 13.0 Å². The van der Waals surface area contributed by atoms with Crippen LogP contribution >= 0.6 is 0 Å². The van der Waals surface area contributed by atoms with Gasteiger partial charge in [-0.2, -0.15) is 0 Å². The molecular formula is C13H14N2O2S. The van der Waals surface area contributed by atoms with E-state index in [0.717, 1.165) is 11.1 Å². The zero-order valence-electron chi connectivity index (χ0n) is 10.2. The van der Waals surface area contributed by atoms with Crippen LogP contribution in [-0.2, 0) is 10.0 Å². The number of aromatic nitrogens is 1. The molecule has 0 atom stereocenters. The Morgan fingerprint density at radius 3 is 2.44 bits per heavy atom. The molecule has 0 aliphatic heterocycles. The lowest BCUT2D eigenvalue weighted by Crippen LogP contribution is -2.14. The highest BCUT2D eigenvalue weighted by Gasteiger charge is 2.16. The minimum atomic E-state index is -3.54. The molecule has 0 unspecified atom stereocenters. The molecule has 4 nitrogen and oxygen atoms in total. The number of pyridine rings is 1. The van der Waals surface area contributed by atoms with Crippen molar-refractivity contribution in [3.05, 3.63) is 53.9 Å². The Morgan fingerprint density at radius 1 is 1.06 bits per heavy atom. The third-order valence-electron chi connectivity index (χ3n) is 2.65. The molecule has 5 heteroatoms. The molecule has 0 fully saturated rings. The topological polar surface area (TPSA) is 59.1 Å². The minimum absolute atomic E-state index is 0.293. The highest BCUT2D eigenvalue weighted by Crippen LogP contribution is 2.20. The van der Waals surface area contributed by atoms with Gasteiger partial charge in [0.25, 0.3) is 10.0 Å². The number of anilines is 1. The molecule has 0 bridgehead atoms. The zero-order chi connectivity index (χ0) is 13.2. The summed E-state index contributed by atoms with van der Waals surface area (Å²) in [4.78, 5) is 4.22. The van der Waals surface area contributed by atoms with Crippen LogP contribution in [0.1, 0.15) is 11.1 Å². The lowest BCUT2D eigenvalue weighted by Gasteiger charge is -2.11. The van der Waals surface area contributed by atoms with E-state index in [2.05, 4.69) is 9.71 Å². The summed E-state index contributed by atoms with van der Waals surface area (Å²) in [5, 5.41) is 0. The Morgan fingerprint density at radius 2 is 1.78 bits per heavy atom. The highest BCUT2D eigenvalue weighted by atomic mass is 32.2.